The van der Waals surface area contributed by atoms with Crippen molar-refractivity contribution in [1.29, 1.82) is 0 Å². The van der Waals surface area contributed by atoms with Crippen LogP contribution >= 0.6 is 0 Å². The molecule has 1 fully saturated rings. The Morgan fingerprint density at radius 2 is 1.92 bits per heavy atom. The van der Waals surface area contributed by atoms with Crippen LogP contribution in [0.2, 0.25) is 0 Å². The molecule has 1 aromatic heterocycles. The molecular formula is C15H19N3O4S2. The summed E-state index contributed by atoms with van der Waals surface area (Å²) in [5, 5.41) is 0. The zero-order valence-corrected chi connectivity index (χ0v) is 14.9. The topological polar surface area (TPSA) is 92.8 Å². The fourth-order valence-electron chi connectivity index (χ4n) is 2.47. The van der Waals surface area contributed by atoms with Crippen LogP contribution in [0.1, 0.15) is 11.3 Å². The lowest BCUT2D eigenvalue weighted by Crippen LogP contribution is -2.40. The van der Waals surface area contributed by atoms with Gasteiger partial charge in [0, 0.05) is 31.1 Å². The molecule has 0 saturated carbocycles. The number of hydrogen-bond donors (Lipinski definition) is 0. The van der Waals surface area contributed by atoms with Crippen LogP contribution in [0.15, 0.2) is 50.0 Å². The molecule has 24 heavy (non-hydrogen) atoms. The third-order valence-electron chi connectivity index (χ3n) is 3.87. The summed E-state index contributed by atoms with van der Waals surface area (Å²) in [5.74, 6) is 0.464. The van der Waals surface area contributed by atoms with Gasteiger partial charge >= 0.3 is 0 Å². The SMILES string of the molecule is Cc1ccc(S(=O)(=O)N=S2(=O)CCN(Cc3cocn3)CC2)cc1. The number of nitrogens with zero attached hydrogens (tertiary/aromatic N) is 3. The average Bonchev–Trinajstić information content (AvgIpc) is 3.03. The Morgan fingerprint density at radius 1 is 1.25 bits per heavy atom. The molecule has 1 saturated heterocycles. The molecule has 1 aliphatic heterocycles. The highest BCUT2D eigenvalue weighted by Gasteiger charge is 2.25. The van der Waals surface area contributed by atoms with Crippen molar-refractivity contribution in [3.8, 4) is 0 Å². The number of aryl methyl sites for hydroxylation is 1. The highest BCUT2D eigenvalue weighted by Crippen LogP contribution is 2.18. The van der Waals surface area contributed by atoms with E-state index in [9.17, 15) is 12.6 Å². The van der Waals surface area contributed by atoms with E-state index in [1.54, 1.807) is 18.4 Å². The van der Waals surface area contributed by atoms with E-state index in [2.05, 4.69) is 13.7 Å². The van der Waals surface area contributed by atoms with Crippen LogP contribution in [0.25, 0.3) is 0 Å². The number of hydrogen-bond acceptors (Lipinski definition) is 6. The van der Waals surface area contributed by atoms with Crippen LogP contribution in [-0.2, 0) is 26.3 Å². The van der Waals surface area contributed by atoms with E-state index in [-0.39, 0.29) is 16.4 Å². The number of rotatable bonds is 4. The van der Waals surface area contributed by atoms with Gasteiger partial charge in [-0.1, -0.05) is 17.7 Å². The standard InChI is InChI=1S/C15H19N3O4S2/c1-13-2-4-15(5-3-13)24(20,21)17-23(19)8-6-18(7-9-23)10-14-11-22-12-16-14/h2-5,11-12H,6-10H2,1H3. The third-order valence-corrected chi connectivity index (χ3v) is 8.26. The Hall–Kier alpha value is -1.71. The summed E-state index contributed by atoms with van der Waals surface area (Å²) < 4.78 is 46.2. The van der Waals surface area contributed by atoms with Gasteiger partial charge in [-0.25, -0.2) is 9.19 Å². The first kappa shape index (κ1) is 17.1. The summed E-state index contributed by atoms with van der Waals surface area (Å²) in [6, 6.07) is 6.40. The number of oxazole rings is 1. The van der Waals surface area contributed by atoms with E-state index in [1.165, 1.54) is 18.5 Å². The zero-order chi connectivity index (χ0) is 17.2. The summed E-state index contributed by atoms with van der Waals surface area (Å²) in [6.45, 7) is 3.49. The molecule has 2 heterocycles. The van der Waals surface area contributed by atoms with Crippen molar-refractivity contribution < 1.29 is 17.0 Å². The number of aromatic nitrogens is 1. The largest absolute Gasteiger partial charge is 0.451 e. The maximum Gasteiger partial charge on any atom is 0.290 e. The molecule has 0 radical (unpaired) electrons. The predicted molar refractivity (Wildman–Crippen MR) is 90.4 cm³/mol. The molecule has 9 heteroatoms. The molecule has 0 spiro atoms. The molecule has 2 aromatic rings. The van der Waals surface area contributed by atoms with Crippen molar-refractivity contribution in [3.05, 3.63) is 48.2 Å². The Balaban J connectivity index is 1.73. The van der Waals surface area contributed by atoms with Gasteiger partial charge < -0.3 is 4.42 Å². The molecule has 0 atom stereocenters. The average molecular weight is 369 g/mol. The third kappa shape index (κ3) is 4.03. The van der Waals surface area contributed by atoms with Gasteiger partial charge in [-0.05, 0) is 19.1 Å². The fourth-order valence-corrected chi connectivity index (χ4v) is 6.61. The maximum absolute atomic E-state index is 12.8. The molecule has 7 nitrogen and oxygen atoms in total. The minimum absolute atomic E-state index is 0.0841. The lowest BCUT2D eigenvalue weighted by molar-refractivity contribution is 0.287. The van der Waals surface area contributed by atoms with Gasteiger partial charge in [0.1, 0.15) is 6.26 Å². The van der Waals surface area contributed by atoms with E-state index in [4.69, 9.17) is 4.42 Å². The summed E-state index contributed by atoms with van der Waals surface area (Å²) >= 11 is 0. The monoisotopic (exact) mass is 369 g/mol. The van der Waals surface area contributed by atoms with Crippen molar-refractivity contribution in [2.75, 3.05) is 24.6 Å². The Bertz CT molecular complexity index is 898. The van der Waals surface area contributed by atoms with Gasteiger partial charge in [-0.3, -0.25) is 4.90 Å². The lowest BCUT2D eigenvalue weighted by atomic mass is 10.2. The Morgan fingerprint density at radius 3 is 2.50 bits per heavy atom. The summed E-state index contributed by atoms with van der Waals surface area (Å²) in [6.07, 6.45) is 2.93. The van der Waals surface area contributed by atoms with Crippen LogP contribution in [0, 0.1) is 6.92 Å². The van der Waals surface area contributed by atoms with Gasteiger partial charge in [0.05, 0.1) is 20.3 Å². The highest BCUT2D eigenvalue weighted by molar-refractivity contribution is 8.03. The second-order valence-corrected chi connectivity index (χ2v) is 10.2. The van der Waals surface area contributed by atoms with Crippen LogP contribution in [0.3, 0.4) is 0 Å². The number of sulfonamides is 1. The van der Waals surface area contributed by atoms with Crippen LogP contribution in [0.5, 0.6) is 0 Å². The van der Waals surface area contributed by atoms with Crippen molar-refractivity contribution in [2.45, 2.75) is 18.4 Å². The lowest BCUT2D eigenvalue weighted by Gasteiger charge is -2.27. The molecule has 3 rings (SSSR count). The van der Waals surface area contributed by atoms with Gasteiger partial charge in [-0.15, -0.1) is 3.77 Å². The molecule has 130 valence electrons. The van der Waals surface area contributed by atoms with Crippen molar-refractivity contribution in [3.63, 3.8) is 0 Å². The highest BCUT2D eigenvalue weighted by atomic mass is 32.3. The Kier molecular flexibility index (Phi) is 4.75. The molecule has 0 unspecified atom stereocenters. The predicted octanol–water partition coefficient (Wildman–Crippen LogP) is 1.66. The van der Waals surface area contributed by atoms with E-state index < -0.39 is 19.8 Å². The van der Waals surface area contributed by atoms with Gasteiger partial charge in [0.2, 0.25) is 0 Å². The van der Waals surface area contributed by atoms with E-state index >= 15 is 0 Å². The molecule has 1 aliphatic rings. The summed E-state index contributed by atoms with van der Waals surface area (Å²) in [5.41, 5.74) is 1.76. The van der Waals surface area contributed by atoms with Crippen molar-refractivity contribution in [1.82, 2.24) is 9.88 Å². The van der Waals surface area contributed by atoms with E-state index in [1.807, 2.05) is 6.92 Å². The molecule has 1 aromatic carbocycles. The molecule has 0 N–H and O–H groups in total. The first-order valence-electron chi connectivity index (χ1n) is 7.51. The fraction of sp³-hybridized carbons (Fsp3) is 0.400. The minimum atomic E-state index is -3.90. The second kappa shape index (κ2) is 6.66. The molecular weight excluding hydrogens is 350 g/mol. The second-order valence-electron chi connectivity index (χ2n) is 5.80. The quantitative estimate of drug-likeness (QED) is 0.814. The smallest absolute Gasteiger partial charge is 0.290 e. The summed E-state index contributed by atoms with van der Waals surface area (Å²) in [4.78, 5) is 6.20. The van der Waals surface area contributed by atoms with Crippen LogP contribution < -0.4 is 0 Å². The van der Waals surface area contributed by atoms with E-state index in [0.717, 1.165) is 11.3 Å². The van der Waals surface area contributed by atoms with Crippen molar-refractivity contribution in [2.24, 2.45) is 3.77 Å². The van der Waals surface area contributed by atoms with Crippen molar-refractivity contribution >= 4 is 19.8 Å². The van der Waals surface area contributed by atoms with Gasteiger partial charge in [0.25, 0.3) is 10.0 Å². The van der Waals surface area contributed by atoms with Gasteiger partial charge in [-0.2, -0.15) is 8.42 Å². The maximum atomic E-state index is 12.8. The molecule has 0 aliphatic carbocycles. The number of benzene rings is 1. The Labute approximate surface area is 141 Å². The first-order chi connectivity index (χ1) is 11.4. The minimum Gasteiger partial charge on any atom is -0.451 e. The molecule has 0 bridgehead atoms. The normalized spacial score (nSPS) is 18.4. The first-order valence-corrected chi connectivity index (χ1v) is 10.8. The zero-order valence-electron chi connectivity index (χ0n) is 13.3. The van der Waals surface area contributed by atoms with Crippen LogP contribution in [0.4, 0.5) is 0 Å². The summed E-state index contributed by atoms with van der Waals surface area (Å²) in [7, 11) is -6.67. The molecule has 0 amide bonds. The van der Waals surface area contributed by atoms with E-state index in [0.29, 0.717) is 19.6 Å². The van der Waals surface area contributed by atoms with Gasteiger partial charge in [0.15, 0.2) is 6.39 Å². The van der Waals surface area contributed by atoms with Crippen LogP contribution in [-0.4, -0.2) is 47.1 Å².